The number of hydrogen-bond acceptors (Lipinski definition) is 4. The van der Waals surface area contributed by atoms with Crippen LogP contribution in [0.3, 0.4) is 0 Å². The number of hydrogen-bond donors (Lipinski definition) is 1. The Morgan fingerprint density at radius 2 is 1.94 bits per heavy atom. The summed E-state index contributed by atoms with van der Waals surface area (Å²) in [5.41, 5.74) is 4.30. The number of fused-ring (bicyclic) bond motifs is 4. The van der Waals surface area contributed by atoms with Gasteiger partial charge in [0.1, 0.15) is 17.0 Å². The first-order chi connectivity index (χ1) is 16.8. The number of rotatable bonds is 3. The average molecular weight is 478 g/mol. The Hall–Kier alpha value is -2.54. The molecule has 1 aromatic carbocycles. The number of carbonyl (C=O) groups is 1. The van der Waals surface area contributed by atoms with Gasteiger partial charge < -0.3 is 19.9 Å². The molecule has 3 fully saturated rings. The second kappa shape index (κ2) is 8.26. The maximum absolute atomic E-state index is 13.1. The maximum Gasteiger partial charge on any atom is 0.319 e. The number of likely N-dealkylation sites (tertiary alicyclic amines) is 1. The Labute approximate surface area is 208 Å². The number of carbonyl (C=O) groups excluding carboxylic acids is 1. The molecule has 35 heavy (non-hydrogen) atoms. The van der Waals surface area contributed by atoms with Gasteiger partial charge in [0, 0.05) is 61.9 Å². The molecule has 188 valence electrons. The minimum atomic E-state index is -0.430. The highest BCUT2D eigenvalue weighted by Gasteiger charge is 2.48. The molecule has 1 saturated carbocycles. The summed E-state index contributed by atoms with van der Waals surface area (Å²) in [5.74, 6) is 1.62. The van der Waals surface area contributed by atoms with E-state index in [1.807, 2.05) is 22.9 Å². The van der Waals surface area contributed by atoms with E-state index in [1.165, 1.54) is 24.1 Å². The molecule has 7 nitrogen and oxygen atoms in total. The Kier molecular flexibility index (Phi) is 5.40. The van der Waals surface area contributed by atoms with Gasteiger partial charge >= 0.3 is 6.03 Å². The van der Waals surface area contributed by atoms with Crippen LogP contribution in [0.4, 0.5) is 4.79 Å². The fraction of sp³-hybridized carbons (Fsp3) is 0.643. The monoisotopic (exact) mass is 477 g/mol. The van der Waals surface area contributed by atoms with Crippen molar-refractivity contribution in [1.82, 2.24) is 24.9 Å². The predicted molar refractivity (Wildman–Crippen MR) is 137 cm³/mol. The fourth-order valence-corrected chi connectivity index (χ4v) is 6.59. The maximum atomic E-state index is 13.1. The van der Waals surface area contributed by atoms with E-state index >= 15 is 0 Å². The highest BCUT2D eigenvalue weighted by molar-refractivity contribution is 5.76. The van der Waals surface area contributed by atoms with E-state index < -0.39 is 5.60 Å². The third-order valence-electron chi connectivity index (χ3n) is 8.62. The number of nitrogens with one attached hydrogen (secondary N) is 1. The van der Waals surface area contributed by atoms with Gasteiger partial charge in [0.2, 0.25) is 0 Å². The van der Waals surface area contributed by atoms with Gasteiger partial charge in [-0.2, -0.15) is 5.10 Å². The van der Waals surface area contributed by atoms with E-state index in [1.54, 1.807) is 0 Å². The summed E-state index contributed by atoms with van der Waals surface area (Å²) >= 11 is 0. The van der Waals surface area contributed by atoms with Crippen molar-refractivity contribution in [2.45, 2.75) is 76.5 Å². The summed E-state index contributed by atoms with van der Waals surface area (Å²) in [6.45, 7) is 10.1. The first-order valence-electron chi connectivity index (χ1n) is 13.4. The van der Waals surface area contributed by atoms with Crippen LogP contribution in [0.1, 0.15) is 69.7 Å². The smallest absolute Gasteiger partial charge is 0.319 e. The molecule has 6 rings (SSSR count). The van der Waals surface area contributed by atoms with Crippen LogP contribution in [0.25, 0.3) is 11.3 Å². The molecular weight excluding hydrogens is 438 g/mol. The molecule has 4 heterocycles. The first-order valence-corrected chi connectivity index (χ1v) is 13.4. The predicted octanol–water partition coefficient (Wildman–Crippen LogP) is 4.71. The number of ether oxygens (including phenoxy) is 1. The van der Waals surface area contributed by atoms with Crippen molar-refractivity contribution in [3.8, 4) is 17.0 Å². The fourth-order valence-electron chi connectivity index (χ4n) is 6.59. The SMILES string of the molecule is Cc1c2c(nn1C1CCNC(C)(C)C1)-c1ccccc1OC21CCN(C(=O)N(C)CC2CC2)CC1. The highest BCUT2D eigenvalue weighted by Crippen LogP contribution is 2.51. The minimum Gasteiger partial charge on any atom is -0.482 e. The topological polar surface area (TPSA) is 62.6 Å². The van der Waals surface area contributed by atoms with Crippen LogP contribution in [-0.4, -0.2) is 64.4 Å². The van der Waals surface area contributed by atoms with E-state index in [9.17, 15) is 4.79 Å². The Morgan fingerprint density at radius 3 is 2.66 bits per heavy atom. The van der Waals surface area contributed by atoms with E-state index in [4.69, 9.17) is 9.84 Å². The molecule has 1 aliphatic carbocycles. The van der Waals surface area contributed by atoms with Gasteiger partial charge in [0.25, 0.3) is 0 Å². The standard InChI is InChI=1S/C28H39N5O2/c1-19-24-25(30-33(19)21-11-14-29-27(2,3)17-21)22-7-5-6-8-23(22)35-28(24)12-15-32(16-13-28)26(34)31(4)18-20-9-10-20/h5-8,20-21,29H,9-18H2,1-4H3. The lowest BCUT2D eigenvalue weighted by molar-refractivity contribution is 0.00121. The quantitative estimate of drug-likeness (QED) is 0.696. The van der Waals surface area contributed by atoms with Crippen molar-refractivity contribution >= 4 is 6.03 Å². The lowest BCUT2D eigenvalue weighted by atomic mass is 9.79. The van der Waals surface area contributed by atoms with E-state index in [0.29, 0.717) is 25.0 Å². The van der Waals surface area contributed by atoms with Crippen molar-refractivity contribution in [2.75, 3.05) is 33.2 Å². The molecule has 0 radical (unpaired) electrons. The normalized spacial score (nSPS) is 24.5. The van der Waals surface area contributed by atoms with Crippen LogP contribution in [-0.2, 0) is 5.60 Å². The molecular formula is C28H39N5O2. The van der Waals surface area contributed by atoms with Crippen molar-refractivity contribution in [2.24, 2.45) is 5.92 Å². The van der Waals surface area contributed by atoms with Crippen LogP contribution in [0.2, 0.25) is 0 Å². The van der Waals surface area contributed by atoms with Crippen molar-refractivity contribution < 1.29 is 9.53 Å². The zero-order valence-electron chi connectivity index (χ0n) is 21.6. The van der Waals surface area contributed by atoms with Gasteiger partial charge in [-0.15, -0.1) is 0 Å². The van der Waals surface area contributed by atoms with E-state index in [2.05, 4.69) is 49.0 Å². The molecule has 1 aromatic heterocycles. The summed E-state index contributed by atoms with van der Waals surface area (Å²) < 4.78 is 9.15. The summed E-state index contributed by atoms with van der Waals surface area (Å²) in [5, 5.41) is 8.92. The van der Waals surface area contributed by atoms with Gasteiger partial charge in [-0.05, 0) is 71.0 Å². The van der Waals surface area contributed by atoms with Crippen LogP contribution >= 0.6 is 0 Å². The Balaban J connectivity index is 1.32. The molecule has 2 aromatic rings. The van der Waals surface area contributed by atoms with Crippen molar-refractivity contribution in [3.63, 3.8) is 0 Å². The highest BCUT2D eigenvalue weighted by atomic mass is 16.5. The molecule has 0 bridgehead atoms. The molecule has 3 aliphatic heterocycles. The number of urea groups is 1. The zero-order valence-corrected chi connectivity index (χ0v) is 21.6. The van der Waals surface area contributed by atoms with Crippen molar-refractivity contribution in [1.29, 1.82) is 0 Å². The molecule has 1 spiro atoms. The number of para-hydroxylation sites is 1. The van der Waals surface area contributed by atoms with Gasteiger partial charge in [0.05, 0.1) is 6.04 Å². The number of aromatic nitrogens is 2. The van der Waals surface area contributed by atoms with Gasteiger partial charge in [0.15, 0.2) is 0 Å². The summed E-state index contributed by atoms with van der Waals surface area (Å²) in [6, 6.07) is 8.86. The van der Waals surface area contributed by atoms with E-state index in [0.717, 1.165) is 55.8 Å². The van der Waals surface area contributed by atoms with Crippen LogP contribution in [0, 0.1) is 12.8 Å². The summed E-state index contributed by atoms with van der Waals surface area (Å²) in [6.07, 6.45) is 6.24. The second-order valence-electron chi connectivity index (χ2n) is 11.9. The van der Waals surface area contributed by atoms with Crippen LogP contribution < -0.4 is 10.1 Å². The third kappa shape index (κ3) is 4.02. The minimum absolute atomic E-state index is 0.103. The number of piperidine rings is 2. The lowest BCUT2D eigenvalue weighted by Gasteiger charge is -2.45. The molecule has 1 unspecified atom stereocenters. The summed E-state index contributed by atoms with van der Waals surface area (Å²) in [4.78, 5) is 17.0. The Morgan fingerprint density at radius 1 is 1.20 bits per heavy atom. The number of nitrogens with zero attached hydrogens (tertiary/aromatic N) is 4. The number of amides is 2. The molecule has 4 aliphatic rings. The zero-order chi connectivity index (χ0) is 24.4. The molecule has 2 amide bonds. The first kappa shape index (κ1) is 22.9. The second-order valence-corrected chi connectivity index (χ2v) is 11.9. The van der Waals surface area contributed by atoms with Gasteiger partial charge in [-0.1, -0.05) is 12.1 Å². The third-order valence-corrected chi connectivity index (χ3v) is 8.62. The summed E-state index contributed by atoms with van der Waals surface area (Å²) in [7, 11) is 1.95. The number of benzene rings is 1. The van der Waals surface area contributed by atoms with Gasteiger partial charge in [-0.3, -0.25) is 4.68 Å². The van der Waals surface area contributed by atoms with E-state index in [-0.39, 0.29) is 11.6 Å². The molecule has 2 saturated heterocycles. The van der Waals surface area contributed by atoms with Gasteiger partial charge in [-0.25, -0.2) is 4.79 Å². The molecule has 7 heteroatoms. The van der Waals surface area contributed by atoms with Crippen LogP contribution in [0.15, 0.2) is 24.3 Å². The molecule has 1 atom stereocenters. The van der Waals surface area contributed by atoms with Crippen LogP contribution in [0.5, 0.6) is 5.75 Å². The lowest BCUT2D eigenvalue weighted by Crippen LogP contribution is -2.52. The average Bonchev–Trinajstić information content (AvgIpc) is 3.58. The Bertz CT molecular complexity index is 1130. The largest absolute Gasteiger partial charge is 0.482 e. The molecule has 1 N–H and O–H groups in total. The van der Waals surface area contributed by atoms with Crippen molar-refractivity contribution in [3.05, 3.63) is 35.5 Å².